The lowest BCUT2D eigenvalue weighted by molar-refractivity contribution is 0.146. The molecule has 0 atom stereocenters. The molecule has 1 aromatic heterocycles. The number of nitriles is 1. The van der Waals surface area contributed by atoms with Crippen LogP contribution in [0, 0.1) is 11.3 Å². The Morgan fingerprint density at radius 1 is 1.67 bits per heavy atom. The van der Waals surface area contributed by atoms with Gasteiger partial charge in [-0.05, 0) is 0 Å². The first kappa shape index (κ1) is 11.3. The summed E-state index contributed by atoms with van der Waals surface area (Å²) >= 11 is 0. The molecule has 1 rings (SSSR count). The quantitative estimate of drug-likeness (QED) is 0.822. The number of rotatable bonds is 3. The molecule has 2 N–H and O–H groups in total. The molecule has 0 unspecified atom stereocenters. The zero-order chi connectivity index (χ0) is 11.4. The molecule has 0 saturated carbocycles. The molecule has 0 fully saturated rings. The minimum Gasteiger partial charge on any atom is -0.495 e. The second-order valence-corrected chi connectivity index (χ2v) is 2.68. The topological polar surface area (TPSA) is 71.9 Å². The van der Waals surface area contributed by atoms with Crippen molar-refractivity contribution in [1.82, 2.24) is 4.98 Å². The van der Waals surface area contributed by atoms with Crippen molar-refractivity contribution < 1.29 is 13.5 Å². The Morgan fingerprint density at radius 3 is 2.73 bits per heavy atom. The van der Waals surface area contributed by atoms with Gasteiger partial charge in [0.1, 0.15) is 11.8 Å². The molecule has 0 saturated heterocycles. The van der Waals surface area contributed by atoms with E-state index >= 15 is 0 Å². The molecular weight excluding hydrogens is 204 g/mol. The number of aromatic nitrogens is 1. The molecule has 1 heterocycles. The summed E-state index contributed by atoms with van der Waals surface area (Å²) in [6, 6.07) is 1.67. The van der Waals surface area contributed by atoms with Crippen molar-refractivity contribution in [2.75, 3.05) is 7.11 Å². The van der Waals surface area contributed by atoms with Crippen LogP contribution >= 0.6 is 0 Å². The molecule has 4 nitrogen and oxygen atoms in total. The number of hydrogen-bond donors (Lipinski definition) is 1. The molecule has 0 spiro atoms. The van der Waals surface area contributed by atoms with Gasteiger partial charge < -0.3 is 10.5 Å². The first-order valence-electron chi connectivity index (χ1n) is 4.09. The average molecular weight is 213 g/mol. The van der Waals surface area contributed by atoms with Gasteiger partial charge in [-0.2, -0.15) is 5.26 Å². The normalized spacial score (nSPS) is 10.1. The van der Waals surface area contributed by atoms with Crippen LogP contribution in [0.4, 0.5) is 8.78 Å². The van der Waals surface area contributed by atoms with E-state index in [-0.39, 0.29) is 23.6 Å². The summed E-state index contributed by atoms with van der Waals surface area (Å²) in [6.07, 6.45) is -1.65. The number of hydrogen-bond acceptors (Lipinski definition) is 4. The van der Waals surface area contributed by atoms with Crippen LogP contribution in [0.1, 0.15) is 23.2 Å². The minimum atomic E-state index is -2.79. The summed E-state index contributed by atoms with van der Waals surface area (Å²) in [5.74, 6) is -0.0984. The van der Waals surface area contributed by atoms with E-state index in [1.165, 1.54) is 7.11 Å². The van der Waals surface area contributed by atoms with E-state index in [1.54, 1.807) is 6.07 Å². The van der Waals surface area contributed by atoms with E-state index in [4.69, 9.17) is 15.7 Å². The highest BCUT2D eigenvalue weighted by atomic mass is 19.3. The van der Waals surface area contributed by atoms with Gasteiger partial charge in [0.05, 0.1) is 30.1 Å². The highest BCUT2D eigenvalue weighted by molar-refractivity contribution is 5.48. The van der Waals surface area contributed by atoms with Crippen molar-refractivity contribution in [3.05, 3.63) is 23.0 Å². The SMILES string of the molecule is COc1cnc(CN)c(C#N)c1C(F)F. The van der Waals surface area contributed by atoms with Gasteiger partial charge >= 0.3 is 0 Å². The van der Waals surface area contributed by atoms with Crippen LogP contribution in [0.5, 0.6) is 5.75 Å². The molecular formula is C9H9F2N3O. The maximum Gasteiger partial charge on any atom is 0.268 e. The van der Waals surface area contributed by atoms with Crippen molar-refractivity contribution in [3.8, 4) is 11.8 Å². The Kier molecular flexibility index (Phi) is 3.52. The molecule has 0 aliphatic rings. The van der Waals surface area contributed by atoms with Gasteiger partial charge in [-0.3, -0.25) is 4.98 Å². The van der Waals surface area contributed by atoms with Crippen LogP contribution in [0.15, 0.2) is 6.20 Å². The molecule has 0 aliphatic carbocycles. The molecule has 0 aromatic carbocycles. The lowest BCUT2D eigenvalue weighted by atomic mass is 10.1. The van der Waals surface area contributed by atoms with Gasteiger partial charge in [0.2, 0.25) is 0 Å². The second-order valence-electron chi connectivity index (χ2n) is 2.68. The maximum absolute atomic E-state index is 12.7. The van der Waals surface area contributed by atoms with E-state index in [2.05, 4.69) is 4.98 Å². The fraction of sp³-hybridized carbons (Fsp3) is 0.333. The fourth-order valence-corrected chi connectivity index (χ4v) is 1.21. The Labute approximate surface area is 85.3 Å². The van der Waals surface area contributed by atoms with Crippen molar-refractivity contribution in [2.24, 2.45) is 5.73 Å². The van der Waals surface area contributed by atoms with Crippen molar-refractivity contribution in [2.45, 2.75) is 13.0 Å². The van der Waals surface area contributed by atoms with Crippen molar-refractivity contribution >= 4 is 0 Å². The zero-order valence-corrected chi connectivity index (χ0v) is 8.00. The van der Waals surface area contributed by atoms with Gasteiger partial charge in [-0.1, -0.05) is 0 Å². The van der Waals surface area contributed by atoms with Crippen LogP contribution in [0.3, 0.4) is 0 Å². The Morgan fingerprint density at radius 2 is 2.33 bits per heavy atom. The molecule has 0 amide bonds. The van der Waals surface area contributed by atoms with Gasteiger partial charge in [0.25, 0.3) is 6.43 Å². The predicted octanol–water partition coefficient (Wildman–Crippen LogP) is 1.36. The standard InChI is InChI=1S/C9H9F2N3O/c1-15-7-4-14-6(3-13)5(2-12)8(7)9(10)11/h4,9H,3,13H2,1H3. The van der Waals surface area contributed by atoms with Crippen LogP contribution < -0.4 is 10.5 Å². The van der Waals surface area contributed by atoms with Crippen molar-refractivity contribution in [1.29, 1.82) is 5.26 Å². The second kappa shape index (κ2) is 4.66. The summed E-state index contributed by atoms with van der Waals surface area (Å²) in [5.41, 5.74) is 4.78. The highest BCUT2D eigenvalue weighted by Crippen LogP contribution is 2.32. The molecule has 0 radical (unpaired) electrons. The van der Waals surface area contributed by atoms with Gasteiger partial charge in [-0.25, -0.2) is 8.78 Å². The van der Waals surface area contributed by atoms with Crippen LogP contribution in [0.25, 0.3) is 0 Å². The van der Waals surface area contributed by atoms with Gasteiger partial charge in [-0.15, -0.1) is 0 Å². The molecule has 6 heteroatoms. The molecule has 80 valence electrons. The largest absolute Gasteiger partial charge is 0.495 e. The summed E-state index contributed by atoms with van der Waals surface area (Å²) in [7, 11) is 1.24. The van der Waals surface area contributed by atoms with Gasteiger partial charge in [0, 0.05) is 6.54 Å². The van der Waals surface area contributed by atoms with E-state index in [9.17, 15) is 8.78 Å². The summed E-state index contributed by atoms with van der Waals surface area (Å²) in [4.78, 5) is 3.78. The number of methoxy groups -OCH3 is 1. The number of alkyl halides is 2. The van der Waals surface area contributed by atoms with Gasteiger partial charge in [0.15, 0.2) is 0 Å². The third kappa shape index (κ3) is 2.02. The van der Waals surface area contributed by atoms with E-state index in [0.29, 0.717) is 0 Å². The molecule has 0 bridgehead atoms. The lowest BCUT2D eigenvalue weighted by Gasteiger charge is -2.11. The van der Waals surface area contributed by atoms with E-state index in [0.717, 1.165) is 6.20 Å². The first-order chi connectivity index (χ1) is 7.15. The van der Waals surface area contributed by atoms with E-state index < -0.39 is 12.0 Å². The summed E-state index contributed by atoms with van der Waals surface area (Å²) in [5, 5.41) is 8.76. The van der Waals surface area contributed by atoms with E-state index in [1.807, 2.05) is 0 Å². The predicted molar refractivity (Wildman–Crippen MR) is 48.4 cm³/mol. The average Bonchev–Trinajstić information content (AvgIpc) is 2.26. The number of pyridine rings is 1. The Balaban J connectivity index is 3.46. The smallest absolute Gasteiger partial charge is 0.268 e. The Bertz CT molecular complexity index is 401. The Hall–Kier alpha value is -1.74. The van der Waals surface area contributed by atoms with Crippen molar-refractivity contribution in [3.63, 3.8) is 0 Å². The minimum absolute atomic E-state index is 0.0629. The number of nitrogens with zero attached hydrogens (tertiary/aromatic N) is 2. The lowest BCUT2D eigenvalue weighted by Crippen LogP contribution is -2.07. The summed E-state index contributed by atoms with van der Waals surface area (Å²) < 4.78 is 30.1. The number of nitrogens with two attached hydrogens (primary N) is 1. The molecule has 15 heavy (non-hydrogen) atoms. The fourth-order valence-electron chi connectivity index (χ4n) is 1.21. The van der Waals surface area contributed by atoms with Crippen LogP contribution in [-0.2, 0) is 6.54 Å². The third-order valence-electron chi connectivity index (χ3n) is 1.90. The number of ether oxygens (including phenoxy) is 1. The molecule has 0 aliphatic heterocycles. The zero-order valence-electron chi connectivity index (χ0n) is 8.00. The highest BCUT2D eigenvalue weighted by Gasteiger charge is 2.22. The third-order valence-corrected chi connectivity index (χ3v) is 1.90. The number of halogens is 2. The monoisotopic (exact) mass is 213 g/mol. The van der Waals surface area contributed by atoms with Crippen LogP contribution in [-0.4, -0.2) is 12.1 Å². The first-order valence-corrected chi connectivity index (χ1v) is 4.09. The summed E-state index contributed by atoms with van der Waals surface area (Å²) in [6.45, 7) is -0.0629. The molecule has 1 aromatic rings. The van der Waals surface area contributed by atoms with Crippen LogP contribution in [0.2, 0.25) is 0 Å². The maximum atomic E-state index is 12.7.